The van der Waals surface area contributed by atoms with E-state index in [1.54, 1.807) is 0 Å². The second-order valence-corrected chi connectivity index (χ2v) is 8.75. The molecule has 2 aliphatic rings. The van der Waals surface area contributed by atoms with Crippen LogP contribution in [0.4, 0.5) is 5.69 Å². The van der Waals surface area contributed by atoms with Crippen molar-refractivity contribution in [3.63, 3.8) is 0 Å². The zero-order valence-corrected chi connectivity index (χ0v) is 18.4. The van der Waals surface area contributed by atoms with Gasteiger partial charge in [-0.2, -0.15) is 5.10 Å². The van der Waals surface area contributed by atoms with Gasteiger partial charge in [0.15, 0.2) is 0 Å². The highest BCUT2D eigenvalue weighted by molar-refractivity contribution is 5.93. The van der Waals surface area contributed by atoms with E-state index in [-0.39, 0.29) is 0 Å². The highest BCUT2D eigenvalue weighted by atomic mass is 15.1. The minimum Gasteiger partial charge on any atom is -0.371 e. The number of aromatic amines is 2. The van der Waals surface area contributed by atoms with Crippen molar-refractivity contribution in [2.45, 2.75) is 39.0 Å². The Morgan fingerprint density at radius 2 is 2.00 bits per heavy atom. The predicted molar refractivity (Wildman–Crippen MR) is 128 cm³/mol. The number of aromatic nitrogens is 4. The molecule has 0 spiro atoms. The Balaban J connectivity index is 1.57. The van der Waals surface area contributed by atoms with Gasteiger partial charge in [0.2, 0.25) is 0 Å². The Morgan fingerprint density at radius 3 is 2.77 bits per heavy atom. The molecule has 5 heterocycles. The van der Waals surface area contributed by atoms with Crippen LogP contribution < -0.4 is 20.8 Å². The zero-order valence-electron chi connectivity index (χ0n) is 18.4. The van der Waals surface area contributed by atoms with Crippen LogP contribution in [0.25, 0.3) is 34.6 Å². The lowest BCUT2D eigenvalue weighted by Crippen LogP contribution is -2.29. The van der Waals surface area contributed by atoms with Gasteiger partial charge in [0.05, 0.1) is 11.0 Å². The molecule has 0 bridgehead atoms. The van der Waals surface area contributed by atoms with Gasteiger partial charge < -0.3 is 15.2 Å². The molecule has 162 valence electrons. The Bertz CT molecular complexity index is 1190. The van der Waals surface area contributed by atoms with Gasteiger partial charge in [0.1, 0.15) is 11.3 Å². The molecule has 2 aliphatic heterocycles. The van der Waals surface area contributed by atoms with E-state index < -0.39 is 0 Å². The molecule has 2 saturated heterocycles. The van der Waals surface area contributed by atoms with Crippen LogP contribution in [0.3, 0.4) is 0 Å². The summed E-state index contributed by atoms with van der Waals surface area (Å²) in [7, 11) is 0. The molecule has 3 aromatic heterocycles. The molecule has 6 nitrogen and oxygen atoms in total. The van der Waals surface area contributed by atoms with Crippen LogP contribution in [0, 0.1) is 5.92 Å². The first kappa shape index (κ1) is 20.1. The van der Waals surface area contributed by atoms with Gasteiger partial charge in [-0.25, -0.2) is 4.98 Å². The highest BCUT2D eigenvalue weighted by Crippen LogP contribution is 2.30. The first-order chi connectivity index (χ1) is 15.2. The minimum atomic E-state index is 0.531. The Hall–Kier alpha value is -2.86. The summed E-state index contributed by atoms with van der Waals surface area (Å²) in [5, 5.41) is 14.6. The first-order valence-corrected chi connectivity index (χ1v) is 11.6. The molecule has 2 fully saturated rings. The smallest absolute Gasteiger partial charge is 0.139 e. The molecule has 0 aromatic carbocycles. The van der Waals surface area contributed by atoms with E-state index in [1.807, 2.05) is 13.1 Å². The van der Waals surface area contributed by atoms with Gasteiger partial charge in [0.25, 0.3) is 0 Å². The number of hydrogen-bond donors (Lipinski definition) is 3. The molecule has 31 heavy (non-hydrogen) atoms. The van der Waals surface area contributed by atoms with Gasteiger partial charge in [0, 0.05) is 35.6 Å². The van der Waals surface area contributed by atoms with Crippen molar-refractivity contribution in [2.75, 3.05) is 31.1 Å². The van der Waals surface area contributed by atoms with E-state index >= 15 is 0 Å². The normalized spacial score (nSPS) is 19.5. The molecule has 0 atom stereocenters. The van der Waals surface area contributed by atoms with Gasteiger partial charge in [-0.3, -0.25) is 5.10 Å². The number of rotatable bonds is 4. The van der Waals surface area contributed by atoms with E-state index in [0.717, 1.165) is 66.6 Å². The maximum Gasteiger partial charge on any atom is 0.139 e. The molecular formula is C25H32N6. The lowest BCUT2D eigenvalue weighted by molar-refractivity contribution is 0.428. The minimum absolute atomic E-state index is 0.531. The number of H-pyrrole nitrogens is 2. The van der Waals surface area contributed by atoms with Crippen molar-refractivity contribution in [2.24, 2.45) is 5.92 Å². The summed E-state index contributed by atoms with van der Waals surface area (Å²) in [4.78, 5) is 10.6. The third-order valence-corrected chi connectivity index (χ3v) is 6.78. The fourth-order valence-corrected chi connectivity index (χ4v) is 4.98. The van der Waals surface area contributed by atoms with Crippen LogP contribution in [0.1, 0.15) is 39.0 Å². The van der Waals surface area contributed by atoms with Crippen molar-refractivity contribution in [3.8, 4) is 11.4 Å². The monoisotopic (exact) mass is 416 g/mol. The van der Waals surface area contributed by atoms with Crippen LogP contribution in [-0.2, 0) is 0 Å². The van der Waals surface area contributed by atoms with Crippen LogP contribution in [0.15, 0.2) is 30.5 Å². The van der Waals surface area contributed by atoms with Gasteiger partial charge in [-0.1, -0.05) is 18.2 Å². The molecular weight excluding hydrogens is 384 g/mol. The van der Waals surface area contributed by atoms with E-state index in [9.17, 15) is 0 Å². The van der Waals surface area contributed by atoms with Crippen molar-refractivity contribution in [1.29, 1.82) is 0 Å². The second kappa shape index (κ2) is 8.71. The number of pyridine rings is 1. The molecule has 3 N–H and O–H groups in total. The Kier molecular flexibility index (Phi) is 5.64. The summed E-state index contributed by atoms with van der Waals surface area (Å²) in [6, 6.07) is 4.36. The SMILES string of the molecule is C=C(/C=c1/c(-c2cc3c(N4CCCCC4)ccnc3[nH]2)n[nH]/c1=C/C)C1CCNCC1. The maximum absolute atomic E-state index is 4.68. The van der Waals surface area contributed by atoms with Gasteiger partial charge in [-0.15, -0.1) is 0 Å². The number of nitrogens with one attached hydrogen (secondary N) is 3. The van der Waals surface area contributed by atoms with Crippen LogP contribution in [0.5, 0.6) is 0 Å². The second-order valence-electron chi connectivity index (χ2n) is 8.75. The lowest BCUT2D eigenvalue weighted by atomic mass is 9.90. The zero-order chi connectivity index (χ0) is 21.2. The van der Waals surface area contributed by atoms with Gasteiger partial charge >= 0.3 is 0 Å². The summed E-state index contributed by atoms with van der Waals surface area (Å²) in [5.74, 6) is 0.531. The number of anilines is 1. The van der Waals surface area contributed by atoms with Crippen LogP contribution in [-0.4, -0.2) is 46.3 Å². The summed E-state index contributed by atoms with van der Waals surface area (Å²) in [6.45, 7) is 10.8. The van der Waals surface area contributed by atoms with Crippen molar-refractivity contribution in [3.05, 3.63) is 41.0 Å². The topological polar surface area (TPSA) is 72.6 Å². The molecule has 0 aliphatic carbocycles. The predicted octanol–water partition coefficient (Wildman–Crippen LogP) is 3.08. The Labute approximate surface area is 183 Å². The fourth-order valence-electron chi connectivity index (χ4n) is 4.98. The average Bonchev–Trinajstić information content (AvgIpc) is 3.43. The number of hydrogen-bond acceptors (Lipinski definition) is 4. The number of fused-ring (bicyclic) bond motifs is 1. The van der Waals surface area contributed by atoms with Crippen molar-refractivity contribution >= 4 is 28.9 Å². The standard InChI is InChI=1S/C25H32N6/c1-3-21-19(15-17(2)18-7-10-26-11-8-18)24(30-29-21)22-16-20-23(9-12-27-25(20)28-22)31-13-5-4-6-14-31/h3,9,12,15-16,18,26,29H,2,4-8,10-11,13-14H2,1H3,(H,27,28)/b19-15+,21-3+. The molecule has 3 aromatic rings. The molecule has 0 amide bonds. The largest absolute Gasteiger partial charge is 0.371 e. The summed E-state index contributed by atoms with van der Waals surface area (Å²) >= 11 is 0. The van der Waals surface area contributed by atoms with E-state index in [2.05, 4.69) is 61.2 Å². The summed E-state index contributed by atoms with van der Waals surface area (Å²) in [5.41, 5.74) is 5.32. The summed E-state index contributed by atoms with van der Waals surface area (Å²) < 4.78 is 0. The van der Waals surface area contributed by atoms with Crippen LogP contribution >= 0.6 is 0 Å². The molecule has 0 saturated carbocycles. The molecule has 6 heteroatoms. The van der Waals surface area contributed by atoms with E-state index in [1.165, 1.54) is 35.9 Å². The maximum atomic E-state index is 4.68. The van der Waals surface area contributed by atoms with Gasteiger partial charge in [-0.05, 0) is 76.2 Å². The Morgan fingerprint density at radius 1 is 1.19 bits per heavy atom. The number of allylic oxidation sites excluding steroid dienone is 1. The quantitative estimate of drug-likeness (QED) is 0.611. The van der Waals surface area contributed by atoms with E-state index in [0.29, 0.717) is 5.92 Å². The van der Waals surface area contributed by atoms with Crippen molar-refractivity contribution in [1.82, 2.24) is 25.5 Å². The molecule has 0 radical (unpaired) electrons. The first-order valence-electron chi connectivity index (χ1n) is 11.6. The average molecular weight is 417 g/mol. The van der Waals surface area contributed by atoms with E-state index in [4.69, 9.17) is 0 Å². The lowest BCUT2D eigenvalue weighted by Gasteiger charge is -2.29. The molecule has 5 rings (SSSR count). The molecule has 0 unspecified atom stereocenters. The summed E-state index contributed by atoms with van der Waals surface area (Å²) in [6.07, 6.45) is 12.3. The third kappa shape index (κ3) is 3.92. The van der Waals surface area contributed by atoms with Crippen LogP contribution in [0.2, 0.25) is 0 Å². The third-order valence-electron chi connectivity index (χ3n) is 6.78. The number of nitrogens with zero attached hydrogens (tertiary/aromatic N) is 3. The number of piperidine rings is 2. The van der Waals surface area contributed by atoms with Crippen molar-refractivity contribution < 1.29 is 0 Å². The highest BCUT2D eigenvalue weighted by Gasteiger charge is 2.18. The fraction of sp³-hybridized carbons (Fsp3) is 0.440.